The fourth-order valence-corrected chi connectivity index (χ4v) is 5.41. The van der Waals surface area contributed by atoms with Gasteiger partial charge in [0.1, 0.15) is 23.6 Å². The van der Waals surface area contributed by atoms with Crippen molar-refractivity contribution in [3.8, 4) is 17.3 Å². The summed E-state index contributed by atoms with van der Waals surface area (Å²) in [7, 11) is 0. The number of hydrogen-bond acceptors (Lipinski definition) is 7. The van der Waals surface area contributed by atoms with Gasteiger partial charge in [-0.1, -0.05) is 12.1 Å². The van der Waals surface area contributed by atoms with Gasteiger partial charge in [-0.25, -0.2) is 4.98 Å². The molecule has 37 heavy (non-hydrogen) atoms. The number of fused-ring (bicyclic) bond motifs is 2. The molecule has 11 heteroatoms. The lowest BCUT2D eigenvalue weighted by atomic mass is 10.1. The number of nitrogens with zero attached hydrogens (tertiary/aromatic N) is 5. The van der Waals surface area contributed by atoms with Gasteiger partial charge in [-0.3, -0.25) is 9.30 Å². The lowest BCUT2D eigenvalue weighted by Gasteiger charge is -2.30. The molecule has 2 aliphatic rings. The highest BCUT2D eigenvalue weighted by Gasteiger charge is 2.46. The Bertz CT molecular complexity index is 1440. The molecule has 0 spiro atoms. The summed E-state index contributed by atoms with van der Waals surface area (Å²) in [6.45, 7) is 0.471. The minimum atomic E-state index is -4.46. The number of aromatic nitrogens is 4. The first-order valence-electron chi connectivity index (χ1n) is 12.4. The number of benzene rings is 1. The van der Waals surface area contributed by atoms with Gasteiger partial charge in [0, 0.05) is 36.8 Å². The average molecular weight is 513 g/mol. The predicted molar refractivity (Wildman–Crippen MR) is 131 cm³/mol. The van der Waals surface area contributed by atoms with Gasteiger partial charge in [0.25, 0.3) is 0 Å². The molecule has 0 unspecified atom stereocenters. The van der Waals surface area contributed by atoms with Gasteiger partial charge in [-0.2, -0.15) is 13.2 Å². The second kappa shape index (κ2) is 9.23. The maximum Gasteiger partial charge on any atom is 0.408 e. The summed E-state index contributed by atoms with van der Waals surface area (Å²) in [6, 6.07) is 10.1. The summed E-state index contributed by atoms with van der Waals surface area (Å²) >= 11 is 0. The zero-order valence-corrected chi connectivity index (χ0v) is 20.0. The Morgan fingerprint density at radius 3 is 2.62 bits per heavy atom. The van der Waals surface area contributed by atoms with Crippen LogP contribution in [-0.2, 0) is 0 Å². The van der Waals surface area contributed by atoms with Gasteiger partial charge in [0.2, 0.25) is 0 Å². The largest absolute Gasteiger partial charge is 0.488 e. The van der Waals surface area contributed by atoms with Gasteiger partial charge in [-0.15, -0.1) is 10.2 Å². The van der Waals surface area contributed by atoms with Crippen molar-refractivity contribution in [1.82, 2.24) is 24.5 Å². The van der Waals surface area contributed by atoms with E-state index in [0.717, 1.165) is 24.6 Å². The number of alkyl halides is 3. The Kier molecular flexibility index (Phi) is 6.01. The molecule has 1 saturated heterocycles. The lowest BCUT2D eigenvalue weighted by molar-refractivity contribution is -0.183. The van der Waals surface area contributed by atoms with Crippen LogP contribution in [0, 0.1) is 0 Å². The summed E-state index contributed by atoms with van der Waals surface area (Å²) in [5.74, 6) is 0.948. The molecule has 0 bridgehead atoms. The molecule has 0 amide bonds. The third kappa shape index (κ3) is 4.62. The number of nitrogens with two attached hydrogens (primary N) is 1. The second-order valence-electron chi connectivity index (χ2n) is 9.91. The average Bonchev–Trinajstić information content (AvgIpc) is 3.58. The number of pyridine rings is 2. The zero-order valence-electron chi connectivity index (χ0n) is 20.0. The van der Waals surface area contributed by atoms with Crippen LogP contribution in [-0.4, -0.2) is 67.1 Å². The van der Waals surface area contributed by atoms with Crippen LogP contribution in [0.3, 0.4) is 0 Å². The smallest absolute Gasteiger partial charge is 0.408 e. The molecule has 1 aliphatic heterocycles. The van der Waals surface area contributed by atoms with Crippen LogP contribution >= 0.6 is 0 Å². The van der Waals surface area contributed by atoms with Crippen molar-refractivity contribution in [3.63, 3.8) is 0 Å². The van der Waals surface area contributed by atoms with E-state index in [1.54, 1.807) is 22.6 Å². The van der Waals surface area contributed by atoms with Crippen LogP contribution in [0.25, 0.3) is 28.1 Å². The summed E-state index contributed by atoms with van der Waals surface area (Å²) in [5.41, 5.74) is 7.55. The Morgan fingerprint density at radius 2 is 1.89 bits per heavy atom. The van der Waals surface area contributed by atoms with E-state index in [4.69, 9.17) is 15.5 Å². The van der Waals surface area contributed by atoms with E-state index < -0.39 is 18.3 Å². The van der Waals surface area contributed by atoms with Crippen LogP contribution < -0.4 is 10.5 Å². The maximum atomic E-state index is 14.2. The topological polar surface area (TPSA) is 102 Å². The molecule has 4 heterocycles. The van der Waals surface area contributed by atoms with Crippen LogP contribution in [0.2, 0.25) is 0 Å². The van der Waals surface area contributed by atoms with Crippen LogP contribution in [0.5, 0.6) is 5.75 Å². The highest BCUT2D eigenvalue weighted by atomic mass is 19.4. The van der Waals surface area contributed by atoms with Crippen LogP contribution in [0.15, 0.2) is 48.7 Å². The van der Waals surface area contributed by atoms with E-state index >= 15 is 0 Å². The Hall–Kier alpha value is -3.28. The van der Waals surface area contributed by atoms with Gasteiger partial charge in [-0.05, 0) is 55.5 Å². The number of hydrogen-bond donors (Lipinski definition) is 2. The quantitative estimate of drug-likeness (QED) is 0.419. The fraction of sp³-hybridized carbons (Fsp3) is 0.423. The van der Waals surface area contributed by atoms with Crippen LogP contribution in [0.1, 0.15) is 37.3 Å². The summed E-state index contributed by atoms with van der Waals surface area (Å²) in [5, 5.41) is 19.3. The summed E-state index contributed by atoms with van der Waals surface area (Å²) < 4.78 is 50.0. The van der Waals surface area contributed by atoms with E-state index in [9.17, 15) is 18.3 Å². The molecule has 8 nitrogen and oxygen atoms in total. The third-order valence-electron chi connectivity index (χ3n) is 7.27. The van der Waals surface area contributed by atoms with Crippen molar-refractivity contribution < 1.29 is 23.0 Å². The molecule has 194 valence electrons. The van der Waals surface area contributed by atoms with Gasteiger partial charge in [0.15, 0.2) is 11.5 Å². The summed E-state index contributed by atoms with van der Waals surface area (Å²) in [6.07, 6.45) is -0.779. The Labute approximate surface area is 210 Å². The first kappa shape index (κ1) is 24.1. The molecule has 4 aromatic rings. The van der Waals surface area contributed by atoms with Crippen molar-refractivity contribution in [2.75, 3.05) is 13.1 Å². The molecule has 3 N–H and O–H groups in total. The molecule has 3 aromatic heterocycles. The standard InChI is InChI=1S/C26H27F3N6O2/c27-26(28,29)24(34-11-10-17(30)14-34)16-6-9-23-32-33-25(35(23)13-16)19-8-5-15-4-7-18(12-20(15)31-19)37-22-3-1-2-21(22)36/h4-9,12-13,17,21-22,24,36H,1-3,10-11,14,30H2/t17-,21-,22-,24+/m0/s1. The number of aliphatic hydroxyl groups excluding tert-OH is 1. The van der Waals surface area contributed by atoms with Crippen molar-refractivity contribution in [2.24, 2.45) is 5.73 Å². The minimum Gasteiger partial charge on any atom is -0.488 e. The van der Waals surface area contributed by atoms with E-state index in [1.165, 1.54) is 17.2 Å². The molecule has 4 atom stereocenters. The number of rotatable bonds is 5. The van der Waals surface area contributed by atoms with Crippen LogP contribution in [0.4, 0.5) is 13.2 Å². The van der Waals surface area contributed by atoms with Crippen molar-refractivity contribution >= 4 is 16.6 Å². The number of likely N-dealkylation sites (tertiary alicyclic amines) is 1. The first-order valence-corrected chi connectivity index (χ1v) is 12.4. The van der Waals surface area contributed by atoms with Crippen molar-refractivity contribution in [2.45, 2.75) is 56.2 Å². The maximum absolute atomic E-state index is 14.2. The Balaban J connectivity index is 1.36. The minimum absolute atomic E-state index is 0.0988. The molecule has 6 rings (SSSR count). The predicted octanol–water partition coefficient (Wildman–Crippen LogP) is 3.87. The highest BCUT2D eigenvalue weighted by molar-refractivity contribution is 5.82. The monoisotopic (exact) mass is 512 g/mol. The van der Waals surface area contributed by atoms with E-state index in [0.29, 0.717) is 34.9 Å². The normalized spacial score (nSPS) is 23.8. The number of aliphatic hydroxyl groups is 1. The van der Waals surface area contributed by atoms with E-state index in [1.807, 2.05) is 18.2 Å². The van der Waals surface area contributed by atoms with Crippen molar-refractivity contribution in [3.05, 3.63) is 54.2 Å². The number of halogens is 3. The van der Waals surface area contributed by atoms with E-state index in [2.05, 4.69) is 10.2 Å². The molecular weight excluding hydrogens is 485 g/mol. The van der Waals surface area contributed by atoms with Gasteiger partial charge < -0.3 is 15.6 Å². The highest BCUT2D eigenvalue weighted by Crippen LogP contribution is 2.39. The number of ether oxygens (including phenoxy) is 1. The molecule has 0 radical (unpaired) electrons. The zero-order chi connectivity index (χ0) is 25.7. The molecule has 1 saturated carbocycles. The Morgan fingerprint density at radius 1 is 1.05 bits per heavy atom. The van der Waals surface area contributed by atoms with E-state index in [-0.39, 0.29) is 30.8 Å². The molecule has 2 fully saturated rings. The first-order chi connectivity index (χ1) is 17.8. The summed E-state index contributed by atoms with van der Waals surface area (Å²) in [4.78, 5) is 6.10. The van der Waals surface area contributed by atoms with Gasteiger partial charge >= 0.3 is 6.18 Å². The fourth-order valence-electron chi connectivity index (χ4n) is 5.41. The third-order valence-corrected chi connectivity index (χ3v) is 7.27. The molecule has 1 aliphatic carbocycles. The SMILES string of the molecule is N[C@H]1CCN([C@H](c2ccc3nnc(-c4ccc5ccc(O[C@H]6CCC[C@@H]6O)cc5n4)n3c2)C(F)(F)F)C1. The van der Waals surface area contributed by atoms with Gasteiger partial charge in [0.05, 0.1) is 11.6 Å². The lowest BCUT2D eigenvalue weighted by Crippen LogP contribution is -2.38. The molecular formula is C26H27F3N6O2. The molecule has 1 aromatic carbocycles. The second-order valence-corrected chi connectivity index (χ2v) is 9.91. The van der Waals surface area contributed by atoms with Crippen molar-refractivity contribution in [1.29, 1.82) is 0 Å².